The molecule has 2 rings (SSSR count). The van der Waals surface area contributed by atoms with Crippen LogP contribution in [-0.2, 0) is 4.79 Å². The third-order valence-corrected chi connectivity index (χ3v) is 4.86. The number of amides is 1. The van der Waals surface area contributed by atoms with Crippen molar-refractivity contribution in [3.63, 3.8) is 0 Å². The largest absolute Gasteiger partial charge is 0.352 e. The minimum absolute atomic E-state index is 0.180. The van der Waals surface area contributed by atoms with Gasteiger partial charge in [0.15, 0.2) is 0 Å². The van der Waals surface area contributed by atoms with E-state index in [4.69, 9.17) is 0 Å². The average Bonchev–Trinajstić information content (AvgIpc) is 2.31. The van der Waals surface area contributed by atoms with Crippen molar-refractivity contribution >= 4 is 17.7 Å². The predicted octanol–water partition coefficient (Wildman–Crippen LogP) is 1.39. The van der Waals surface area contributed by atoms with Gasteiger partial charge in [-0.05, 0) is 44.9 Å². The summed E-state index contributed by atoms with van der Waals surface area (Å²) in [6.07, 6.45) is 4.53. The molecule has 0 bridgehead atoms. The Kier molecular flexibility index (Phi) is 4.14. The van der Waals surface area contributed by atoms with Crippen molar-refractivity contribution < 1.29 is 4.79 Å². The highest BCUT2D eigenvalue weighted by Gasteiger charge is 2.35. The van der Waals surface area contributed by atoms with Gasteiger partial charge in [0.2, 0.25) is 5.91 Å². The highest BCUT2D eigenvalue weighted by Crippen LogP contribution is 2.26. The van der Waals surface area contributed by atoms with Crippen LogP contribution in [0.5, 0.6) is 0 Å². The van der Waals surface area contributed by atoms with Crippen molar-refractivity contribution in [1.82, 2.24) is 10.6 Å². The van der Waals surface area contributed by atoms with Crippen LogP contribution in [0.25, 0.3) is 0 Å². The second-order valence-corrected chi connectivity index (χ2v) is 6.38. The zero-order valence-corrected chi connectivity index (χ0v) is 10.9. The Morgan fingerprint density at radius 2 is 2.38 bits per heavy atom. The first-order valence-corrected chi connectivity index (χ1v) is 7.46. The minimum atomic E-state index is -0.180. The molecule has 0 radical (unpaired) electrons. The van der Waals surface area contributed by atoms with Crippen LogP contribution in [0.2, 0.25) is 0 Å². The van der Waals surface area contributed by atoms with E-state index in [-0.39, 0.29) is 11.3 Å². The normalized spacial score (nSPS) is 35.7. The number of hydrogen-bond donors (Lipinski definition) is 2. The Morgan fingerprint density at radius 1 is 1.50 bits per heavy atom. The number of thioether (sulfide) groups is 1. The van der Waals surface area contributed by atoms with Crippen LogP contribution < -0.4 is 10.6 Å². The Morgan fingerprint density at radius 3 is 3.00 bits per heavy atom. The molecule has 2 aliphatic heterocycles. The van der Waals surface area contributed by atoms with Gasteiger partial charge in [-0.15, -0.1) is 0 Å². The SMILES string of the molecule is CC1(C(=O)NC2CCCSC2)CCCNC1. The number of carbonyl (C=O) groups is 1. The van der Waals surface area contributed by atoms with E-state index in [2.05, 4.69) is 17.6 Å². The maximum atomic E-state index is 12.2. The highest BCUT2D eigenvalue weighted by atomic mass is 32.2. The molecule has 0 aromatic rings. The Hall–Kier alpha value is -0.220. The van der Waals surface area contributed by atoms with Crippen LogP contribution in [0.4, 0.5) is 0 Å². The maximum absolute atomic E-state index is 12.2. The van der Waals surface area contributed by atoms with Crippen molar-refractivity contribution in [3.05, 3.63) is 0 Å². The summed E-state index contributed by atoms with van der Waals surface area (Å²) >= 11 is 1.96. The lowest BCUT2D eigenvalue weighted by Crippen LogP contribution is -2.52. The lowest BCUT2D eigenvalue weighted by Gasteiger charge is -2.35. The predicted molar refractivity (Wildman–Crippen MR) is 68.7 cm³/mol. The fraction of sp³-hybridized carbons (Fsp3) is 0.917. The molecule has 16 heavy (non-hydrogen) atoms. The second kappa shape index (κ2) is 5.41. The topological polar surface area (TPSA) is 41.1 Å². The van der Waals surface area contributed by atoms with Gasteiger partial charge in [-0.1, -0.05) is 0 Å². The van der Waals surface area contributed by atoms with Gasteiger partial charge >= 0.3 is 0 Å². The van der Waals surface area contributed by atoms with Gasteiger partial charge in [-0.3, -0.25) is 4.79 Å². The summed E-state index contributed by atoms with van der Waals surface area (Å²) in [6, 6.07) is 0.407. The minimum Gasteiger partial charge on any atom is -0.352 e. The molecule has 3 nitrogen and oxygen atoms in total. The summed E-state index contributed by atoms with van der Waals surface area (Å²) in [7, 11) is 0. The van der Waals surface area contributed by atoms with Gasteiger partial charge in [-0.2, -0.15) is 11.8 Å². The molecule has 0 aromatic heterocycles. The van der Waals surface area contributed by atoms with Gasteiger partial charge < -0.3 is 10.6 Å². The van der Waals surface area contributed by atoms with Crippen molar-refractivity contribution in [2.75, 3.05) is 24.6 Å². The van der Waals surface area contributed by atoms with E-state index in [9.17, 15) is 4.79 Å². The third kappa shape index (κ3) is 2.92. The lowest BCUT2D eigenvalue weighted by molar-refractivity contribution is -0.131. The van der Waals surface area contributed by atoms with Gasteiger partial charge in [0.1, 0.15) is 0 Å². The van der Waals surface area contributed by atoms with Gasteiger partial charge in [-0.25, -0.2) is 0 Å². The standard InChI is InChI=1S/C12H22N2OS/c1-12(5-3-6-13-9-12)11(15)14-10-4-2-7-16-8-10/h10,13H,2-9H2,1H3,(H,14,15). The first-order valence-electron chi connectivity index (χ1n) is 6.30. The Labute approximate surface area is 102 Å². The van der Waals surface area contributed by atoms with Gasteiger partial charge in [0, 0.05) is 18.3 Å². The van der Waals surface area contributed by atoms with Crippen LogP contribution >= 0.6 is 11.8 Å². The first-order chi connectivity index (χ1) is 7.71. The zero-order chi connectivity index (χ0) is 11.4. The van der Waals surface area contributed by atoms with Gasteiger partial charge in [0.25, 0.3) is 0 Å². The van der Waals surface area contributed by atoms with E-state index in [1.165, 1.54) is 12.2 Å². The van der Waals surface area contributed by atoms with E-state index in [1.54, 1.807) is 0 Å². The van der Waals surface area contributed by atoms with E-state index in [0.29, 0.717) is 6.04 Å². The van der Waals surface area contributed by atoms with Crippen LogP contribution in [0.15, 0.2) is 0 Å². The maximum Gasteiger partial charge on any atom is 0.227 e. The summed E-state index contributed by atoms with van der Waals surface area (Å²) in [5, 5.41) is 6.56. The molecule has 0 aromatic carbocycles. The third-order valence-electron chi connectivity index (χ3n) is 3.64. The quantitative estimate of drug-likeness (QED) is 0.769. The summed E-state index contributed by atoms with van der Waals surface area (Å²) in [4.78, 5) is 12.2. The Balaban J connectivity index is 1.85. The summed E-state index contributed by atoms with van der Waals surface area (Å²) in [5.74, 6) is 2.60. The molecular weight excluding hydrogens is 220 g/mol. The van der Waals surface area contributed by atoms with Crippen LogP contribution in [0.1, 0.15) is 32.6 Å². The number of hydrogen-bond acceptors (Lipinski definition) is 3. The number of piperidine rings is 1. The van der Waals surface area contributed by atoms with Crippen LogP contribution in [-0.4, -0.2) is 36.5 Å². The smallest absolute Gasteiger partial charge is 0.227 e. The molecule has 0 spiro atoms. The molecule has 0 saturated carbocycles. The molecular formula is C12H22N2OS. The molecule has 2 aliphatic rings. The van der Waals surface area contributed by atoms with Crippen LogP contribution in [0, 0.1) is 5.41 Å². The molecule has 2 fully saturated rings. The number of rotatable bonds is 2. The lowest BCUT2D eigenvalue weighted by atomic mass is 9.81. The summed E-state index contributed by atoms with van der Waals surface area (Å²) in [5.41, 5.74) is -0.180. The van der Waals surface area contributed by atoms with E-state index in [1.807, 2.05) is 11.8 Å². The molecule has 4 heteroatoms. The number of carbonyl (C=O) groups excluding carboxylic acids is 1. The molecule has 0 aliphatic carbocycles. The molecule has 2 unspecified atom stereocenters. The molecule has 2 N–H and O–H groups in total. The number of nitrogens with one attached hydrogen (secondary N) is 2. The average molecular weight is 242 g/mol. The summed E-state index contributed by atoms with van der Waals surface area (Å²) < 4.78 is 0. The van der Waals surface area contributed by atoms with Crippen LogP contribution in [0.3, 0.4) is 0 Å². The van der Waals surface area contributed by atoms with Crippen molar-refractivity contribution in [3.8, 4) is 0 Å². The van der Waals surface area contributed by atoms with Crippen molar-refractivity contribution in [2.24, 2.45) is 5.41 Å². The van der Waals surface area contributed by atoms with E-state index >= 15 is 0 Å². The summed E-state index contributed by atoms with van der Waals surface area (Å²) in [6.45, 7) is 3.98. The fourth-order valence-electron chi connectivity index (χ4n) is 2.46. The Bertz CT molecular complexity index is 245. The van der Waals surface area contributed by atoms with Crippen molar-refractivity contribution in [2.45, 2.75) is 38.6 Å². The monoisotopic (exact) mass is 242 g/mol. The molecule has 2 saturated heterocycles. The molecule has 1 amide bonds. The van der Waals surface area contributed by atoms with E-state index < -0.39 is 0 Å². The second-order valence-electron chi connectivity index (χ2n) is 5.23. The van der Waals surface area contributed by atoms with Gasteiger partial charge in [0.05, 0.1) is 5.41 Å². The molecule has 92 valence electrons. The van der Waals surface area contributed by atoms with Crippen molar-refractivity contribution in [1.29, 1.82) is 0 Å². The van der Waals surface area contributed by atoms with E-state index in [0.717, 1.165) is 38.1 Å². The fourth-order valence-corrected chi connectivity index (χ4v) is 3.54. The zero-order valence-electron chi connectivity index (χ0n) is 10.1. The molecule has 2 heterocycles. The highest BCUT2D eigenvalue weighted by molar-refractivity contribution is 7.99. The molecule has 2 atom stereocenters. The first kappa shape index (κ1) is 12.2.